The van der Waals surface area contributed by atoms with Gasteiger partial charge in [0, 0.05) is 13.0 Å². The average Bonchev–Trinajstić information content (AvgIpc) is 2.51. The third-order valence-electron chi connectivity index (χ3n) is 2.83. The normalized spacial score (nSPS) is 11.6. The van der Waals surface area contributed by atoms with Crippen molar-refractivity contribution in [2.45, 2.75) is 19.4 Å². The van der Waals surface area contributed by atoms with Gasteiger partial charge in [-0.1, -0.05) is 12.1 Å². The number of nitrogens with one attached hydrogen (secondary N) is 1. The maximum atomic E-state index is 11.8. The van der Waals surface area contributed by atoms with Crippen LogP contribution < -0.4 is 10.1 Å². The molecule has 1 aromatic carbocycles. The zero-order chi connectivity index (χ0) is 15.7. The van der Waals surface area contributed by atoms with Crippen molar-refractivity contribution in [1.82, 2.24) is 5.32 Å². The van der Waals surface area contributed by atoms with Crippen LogP contribution in [0, 0.1) is 0 Å². The van der Waals surface area contributed by atoms with E-state index in [4.69, 9.17) is 14.2 Å². The molecule has 6 heteroatoms. The number of carbonyl (C=O) groups excluding carboxylic acids is 2. The number of amides is 1. The van der Waals surface area contributed by atoms with E-state index in [2.05, 4.69) is 5.32 Å². The van der Waals surface area contributed by atoms with Crippen molar-refractivity contribution in [2.24, 2.45) is 0 Å². The van der Waals surface area contributed by atoms with Gasteiger partial charge in [-0.15, -0.1) is 0 Å². The van der Waals surface area contributed by atoms with E-state index in [0.29, 0.717) is 18.8 Å². The maximum Gasteiger partial charge on any atom is 0.328 e. The second-order valence-corrected chi connectivity index (χ2v) is 4.34. The van der Waals surface area contributed by atoms with Crippen molar-refractivity contribution >= 4 is 11.9 Å². The number of rotatable bonds is 8. The van der Waals surface area contributed by atoms with Crippen LogP contribution >= 0.6 is 0 Å². The van der Waals surface area contributed by atoms with Crippen LogP contribution in [0.2, 0.25) is 0 Å². The topological polar surface area (TPSA) is 73.9 Å². The van der Waals surface area contributed by atoms with Crippen LogP contribution in [0.1, 0.15) is 12.5 Å². The summed E-state index contributed by atoms with van der Waals surface area (Å²) in [6.45, 7) is 2.15. The van der Waals surface area contributed by atoms with Crippen molar-refractivity contribution in [2.75, 3.05) is 27.4 Å². The first-order chi connectivity index (χ1) is 10.1. The van der Waals surface area contributed by atoms with Gasteiger partial charge in [0.15, 0.2) is 0 Å². The Morgan fingerprint density at radius 1 is 1.29 bits per heavy atom. The lowest BCUT2D eigenvalue weighted by Crippen LogP contribution is -2.44. The molecule has 6 nitrogen and oxygen atoms in total. The van der Waals surface area contributed by atoms with Gasteiger partial charge in [0.25, 0.3) is 0 Å². The highest BCUT2D eigenvalue weighted by Gasteiger charge is 2.22. The lowest BCUT2D eigenvalue weighted by atomic mass is 10.1. The van der Waals surface area contributed by atoms with Crippen LogP contribution in [0.5, 0.6) is 5.75 Å². The van der Waals surface area contributed by atoms with Crippen molar-refractivity contribution in [3.63, 3.8) is 0 Å². The predicted octanol–water partition coefficient (Wildman–Crippen LogP) is 0.932. The van der Waals surface area contributed by atoms with Gasteiger partial charge in [-0.25, -0.2) is 4.79 Å². The summed E-state index contributed by atoms with van der Waals surface area (Å²) in [7, 11) is 2.86. The lowest BCUT2D eigenvalue weighted by molar-refractivity contribution is -0.145. The van der Waals surface area contributed by atoms with Crippen molar-refractivity contribution in [1.29, 1.82) is 0 Å². The molecule has 1 amide bonds. The Bertz CT molecular complexity index is 475. The third kappa shape index (κ3) is 5.83. The van der Waals surface area contributed by atoms with Crippen molar-refractivity contribution in [3.05, 3.63) is 29.8 Å². The first kappa shape index (κ1) is 17.0. The molecule has 0 unspecified atom stereocenters. The Labute approximate surface area is 124 Å². The van der Waals surface area contributed by atoms with Gasteiger partial charge in [-0.2, -0.15) is 0 Å². The van der Waals surface area contributed by atoms with E-state index >= 15 is 0 Å². The molecule has 21 heavy (non-hydrogen) atoms. The molecule has 0 fully saturated rings. The number of hydrogen-bond acceptors (Lipinski definition) is 5. The number of benzene rings is 1. The van der Waals surface area contributed by atoms with Crippen molar-refractivity contribution in [3.8, 4) is 5.75 Å². The number of ether oxygens (including phenoxy) is 3. The highest BCUT2D eigenvalue weighted by molar-refractivity contribution is 5.85. The zero-order valence-corrected chi connectivity index (χ0v) is 12.5. The summed E-state index contributed by atoms with van der Waals surface area (Å²) in [5.74, 6) is -0.158. The quantitative estimate of drug-likeness (QED) is 0.722. The highest BCUT2D eigenvalue weighted by atomic mass is 16.5. The van der Waals surface area contributed by atoms with E-state index < -0.39 is 12.0 Å². The van der Waals surface area contributed by atoms with E-state index in [1.807, 2.05) is 24.3 Å². The van der Waals surface area contributed by atoms with Gasteiger partial charge in [-0.3, -0.25) is 4.79 Å². The number of carbonyl (C=O) groups is 2. The largest absolute Gasteiger partial charge is 0.497 e. The number of hydrogen-bond donors (Lipinski definition) is 1. The fourth-order valence-electron chi connectivity index (χ4n) is 1.80. The fraction of sp³-hybridized carbons (Fsp3) is 0.467. The van der Waals surface area contributed by atoms with Crippen LogP contribution in [0.3, 0.4) is 0 Å². The van der Waals surface area contributed by atoms with Gasteiger partial charge in [0.2, 0.25) is 5.91 Å². The summed E-state index contributed by atoms with van der Waals surface area (Å²) < 4.78 is 14.9. The van der Waals surface area contributed by atoms with Gasteiger partial charge in [0.1, 0.15) is 18.4 Å². The number of methoxy groups -OCH3 is 2. The first-order valence-electron chi connectivity index (χ1n) is 6.68. The second kappa shape index (κ2) is 8.97. The summed E-state index contributed by atoms with van der Waals surface area (Å²) in [5, 5.41) is 2.61. The zero-order valence-electron chi connectivity index (χ0n) is 12.5. The van der Waals surface area contributed by atoms with Crippen LogP contribution in [-0.2, 0) is 25.5 Å². The molecule has 1 rings (SSSR count). The molecule has 0 bridgehead atoms. The van der Waals surface area contributed by atoms with Gasteiger partial charge >= 0.3 is 5.97 Å². The molecule has 1 atom stereocenters. The molecular formula is C15H21NO5. The van der Waals surface area contributed by atoms with Gasteiger partial charge in [-0.05, 0) is 24.6 Å². The van der Waals surface area contributed by atoms with E-state index in [9.17, 15) is 9.59 Å². The SMILES string of the molecule is CCOCC(=O)N[C@H](Cc1cccc(OC)c1)C(=O)OC. The molecule has 0 aromatic heterocycles. The highest BCUT2D eigenvalue weighted by Crippen LogP contribution is 2.14. The Kier molecular flexibility index (Phi) is 7.25. The molecule has 0 aliphatic heterocycles. The third-order valence-corrected chi connectivity index (χ3v) is 2.83. The smallest absolute Gasteiger partial charge is 0.328 e. The predicted molar refractivity (Wildman–Crippen MR) is 77.1 cm³/mol. The molecule has 1 N–H and O–H groups in total. The van der Waals surface area contributed by atoms with Crippen LogP contribution in [-0.4, -0.2) is 45.4 Å². The van der Waals surface area contributed by atoms with Crippen LogP contribution in [0.25, 0.3) is 0 Å². The summed E-state index contributed by atoms with van der Waals surface area (Å²) in [4.78, 5) is 23.4. The van der Waals surface area contributed by atoms with E-state index in [1.165, 1.54) is 7.11 Å². The molecule has 116 valence electrons. The van der Waals surface area contributed by atoms with E-state index in [0.717, 1.165) is 5.56 Å². The Balaban J connectivity index is 2.73. The molecule has 0 aliphatic carbocycles. The molecule has 0 saturated heterocycles. The molecule has 1 aromatic rings. The average molecular weight is 295 g/mol. The molecular weight excluding hydrogens is 274 g/mol. The molecule has 0 aliphatic rings. The summed E-state index contributed by atoms with van der Waals surface area (Å²) >= 11 is 0. The maximum absolute atomic E-state index is 11.8. The minimum atomic E-state index is -0.755. The van der Waals surface area contributed by atoms with Crippen molar-refractivity contribution < 1.29 is 23.8 Å². The molecule has 0 heterocycles. The minimum absolute atomic E-state index is 0.0812. The lowest BCUT2D eigenvalue weighted by Gasteiger charge is -2.17. The fourth-order valence-corrected chi connectivity index (χ4v) is 1.80. The Morgan fingerprint density at radius 2 is 2.05 bits per heavy atom. The van der Waals surface area contributed by atoms with Gasteiger partial charge < -0.3 is 19.5 Å². The Morgan fingerprint density at radius 3 is 2.67 bits per heavy atom. The van der Waals surface area contributed by atoms with E-state index in [-0.39, 0.29) is 12.5 Å². The monoisotopic (exact) mass is 295 g/mol. The minimum Gasteiger partial charge on any atom is -0.497 e. The van der Waals surface area contributed by atoms with E-state index in [1.54, 1.807) is 14.0 Å². The molecule has 0 spiro atoms. The summed E-state index contributed by atoms with van der Waals surface area (Å²) in [6.07, 6.45) is 0.321. The molecule has 0 saturated carbocycles. The second-order valence-electron chi connectivity index (χ2n) is 4.34. The standard InChI is InChI=1S/C15H21NO5/c1-4-21-10-14(17)16-13(15(18)20-3)9-11-6-5-7-12(8-11)19-2/h5-8,13H,4,9-10H2,1-3H3,(H,16,17)/t13-/m1/s1. The number of esters is 1. The Hall–Kier alpha value is -2.08. The van der Waals surface area contributed by atoms with Gasteiger partial charge in [0.05, 0.1) is 14.2 Å². The summed E-state index contributed by atoms with van der Waals surface area (Å²) in [5.41, 5.74) is 0.862. The first-order valence-corrected chi connectivity index (χ1v) is 6.68. The van der Waals surface area contributed by atoms with Crippen LogP contribution in [0.15, 0.2) is 24.3 Å². The van der Waals surface area contributed by atoms with Crippen LogP contribution in [0.4, 0.5) is 0 Å². The molecule has 0 radical (unpaired) electrons. The summed E-state index contributed by atoms with van der Waals surface area (Å²) in [6, 6.07) is 6.54.